The van der Waals surface area contributed by atoms with E-state index in [0.717, 1.165) is 37.9 Å². The van der Waals surface area contributed by atoms with Crippen molar-refractivity contribution in [3.05, 3.63) is 46.0 Å². The maximum Gasteiger partial charge on any atom is 0.293 e. The molecule has 1 aliphatic carbocycles. The molecule has 2 aliphatic rings. The van der Waals surface area contributed by atoms with E-state index in [1.165, 1.54) is 6.07 Å². The van der Waals surface area contributed by atoms with E-state index < -0.39 is 4.92 Å². The lowest BCUT2D eigenvalue weighted by atomic mass is 9.87. The predicted molar refractivity (Wildman–Crippen MR) is 115 cm³/mol. The van der Waals surface area contributed by atoms with Crippen LogP contribution in [-0.2, 0) is 13.1 Å². The van der Waals surface area contributed by atoms with Gasteiger partial charge in [0, 0.05) is 38.4 Å². The third-order valence-corrected chi connectivity index (χ3v) is 6.28. The maximum atomic E-state index is 13.2. The highest BCUT2D eigenvalue weighted by atomic mass is 16.6. The molecule has 0 atom stereocenters. The first-order chi connectivity index (χ1) is 14.5. The average Bonchev–Trinajstić information content (AvgIpc) is 3.22. The van der Waals surface area contributed by atoms with Crippen LogP contribution in [0, 0.1) is 16.0 Å². The molecular formula is C21H28N6O3. The highest BCUT2D eigenvalue weighted by Gasteiger charge is 2.28. The number of amides is 1. The van der Waals surface area contributed by atoms with E-state index >= 15 is 0 Å². The number of nitro benzene ring substituents is 1. The van der Waals surface area contributed by atoms with Crippen LogP contribution in [0.3, 0.4) is 0 Å². The second-order valence-corrected chi connectivity index (χ2v) is 8.32. The van der Waals surface area contributed by atoms with Gasteiger partial charge in [-0.3, -0.25) is 14.9 Å². The first-order valence-corrected chi connectivity index (χ1v) is 10.5. The Hall–Kier alpha value is -3.10. The number of nitro groups is 1. The molecule has 2 heterocycles. The summed E-state index contributed by atoms with van der Waals surface area (Å²) in [7, 11) is 1.65. The number of nitrogens with zero attached hydrogens (tertiary/aromatic N) is 4. The largest absolute Gasteiger partial charge is 0.383 e. The zero-order chi connectivity index (χ0) is 21.3. The van der Waals surface area contributed by atoms with E-state index in [0.29, 0.717) is 35.9 Å². The van der Waals surface area contributed by atoms with Crippen LogP contribution >= 0.6 is 0 Å². The summed E-state index contributed by atoms with van der Waals surface area (Å²) in [5.41, 5.74) is 2.42. The number of carbonyl (C=O) groups excluding carboxylic acids is 1. The van der Waals surface area contributed by atoms with Crippen molar-refractivity contribution in [2.24, 2.45) is 5.92 Å². The van der Waals surface area contributed by atoms with Gasteiger partial charge in [-0.15, -0.1) is 0 Å². The summed E-state index contributed by atoms with van der Waals surface area (Å²) in [4.78, 5) is 30.7. The summed E-state index contributed by atoms with van der Waals surface area (Å²) < 4.78 is 2.09. The molecule has 4 rings (SSSR count). The van der Waals surface area contributed by atoms with Crippen molar-refractivity contribution in [1.29, 1.82) is 0 Å². The molecule has 1 aromatic carbocycles. The highest BCUT2D eigenvalue weighted by molar-refractivity contribution is 6.02. The number of imidazole rings is 1. The zero-order valence-electron chi connectivity index (χ0n) is 17.4. The van der Waals surface area contributed by atoms with Crippen molar-refractivity contribution in [3.63, 3.8) is 0 Å². The number of nitrogens with one attached hydrogen (secondary N) is 2. The first kappa shape index (κ1) is 20.2. The fraction of sp³-hybridized carbons (Fsp3) is 0.524. The minimum Gasteiger partial charge on any atom is -0.383 e. The summed E-state index contributed by atoms with van der Waals surface area (Å²) in [6.07, 6.45) is 7.70. The Kier molecular flexibility index (Phi) is 5.61. The summed E-state index contributed by atoms with van der Waals surface area (Å²) in [5, 5.41) is 17.6. The van der Waals surface area contributed by atoms with Gasteiger partial charge in [-0.25, -0.2) is 4.98 Å². The van der Waals surface area contributed by atoms with Crippen molar-refractivity contribution in [2.75, 3.05) is 23.8 Å². The number of benzene rings is 1. The number of hydrogen-bond donors (Lipinski definition) is 2. The van der Waals surface area contributed by atoms with E-state index in [1.54, 1.807) is 19.4 Å². The smallest absolute Gasteiger partial charge is 0.293 e. The quantitative estimate of drug-likeness (QED) is 0.577. The monoisotopic (exact) mass is 412 g/mol. The third-order valence-electron chi connectivity index (χ3n) is 6.28. The molecule has 1 saturated carbocycles. The SMILES string of the molecule is CNc1cc(N2CCn3cncc3C2)c(C(=O)NC2CCC(C)CC2)cc1[N+](=O)[O-]. The third kappa shape index (κ3) is 3.96. The van der Waals surface area contributed by atoms with Crippen molar-refractivity contribution >= 4 is 23.0 Å². The lowest BCUT2D eigenvalue weighted by Gasteiger charge is -2.32. The molecule has 0 unspecified atom stereocenters. The van der Waals surface area contributed by atoms with Gasteiger partial charge in [-0.1, -0.05) is 6.92 Å². The molecule has 1 fully saturated rings. The molecule has 0 radical (unpaired) electrons. The van der Waals surface area contributed by atoms with E-state index in [9.17, 15) is 14.9 Å². The Balaban J connectivity index is 1.67. The Morgan fingerprint density at radius 3 is 2.70 bits per heavy atom. The second-order valence-electron chi connectivity index (χ2n) is 8.32. The topological polar surface area (TPSA) is 105 Å². The summed E-state index contributed by atoms with van der Waals surface area (Å²) >= 11 is 0. The van der Waals surface area contributed by atoms with Crippen molar-refractivity contribution in [1.82, 2.24) is 14.9 Å². The molecule has 30 heavy (non-hydrogen) atoms. The van der Waals surface area contributed by atoms with Crippen LogP contribution in [0.1, 0.15) is 48.7 Å². The zero-order valence-corrected chi connectivity index (χ0v) is 17.4. The van der Waals surface area contributed by atoms with E-state index in [-0.39, 0.29) is 17.6 Å². The van der Waals surface area contributed by atoms with E-state index in [1.807, 2.05) is 6.20 Å². The van der Waals surface area contributed by atoms with Gasteiger partial charge in [0.05, 0.1) is 34.7 Å². The number of hydrogen-bond acceptors (Lipinski definition) is 6. The highest BCUT2D eigenvalue weighted by Crippen LogP contribution is 2.35. The second kappa shape index (κ2) is 8.33. The van der Waals surface area contributed by atoms with Crippen LogP contribution in [0.15, 0.2) is 24.7 Å². The predicted octanol–water partition coefficient (Wildman–Crippen LogP) is 3.16. The summed E-state index contributed by atoms with van der Waals surface area (Å²) in [6.45, 7) is 4.29. The van der Waals surface area contributed by atoms with Crippen LogP contribution in [-0.4, -0.2) is 40.0 Å². The fourth-order valence-electron chi connectivity index (χ4n) is 4.43. The lowest BCUT2D eigenvalue weighted by Crippen LogP contribution is -2.39. The van der Waals surface area contributed by atoms with Crippen molar-refractivity contribution in [2.45, 2.75) is 51.7 Å². The molecular weight excluding hydrogens is 384 g/mol. The number of aromatic nitrogens is 2. The Morgan fingerprint density at radius 1 is 1.23 bits per heavy atom. The van der Waals surface area contributed by atoms with Gasteiger partial charge in [0.15, 0.2) is 0 Å². The lowest BCUT2D eigenvalue weighted by molar-refractivity contribution is -0.383. The minimum absolute atomic E-state index is 0.0919. The summed E-state index contributed by atoms with van der Waals surface area (Å²) in [6, 6.07) is 3.25. The number of fused-ring (bicyclic) bond motifs is 1. The number of carbonyl (C=O) groups is 1. The minimum atomic E-state index is -0.444. The van der Waals surface area contributed by atoms with Crippen LogP contribution in [0.25, 0.3) is 0 Å². The van der Waals surface area contributed by atoms with Gasteiger partial charge in [0.25, 0.3) is 11.6 Å². The Bertz CT molecular complexity index is 948. The molecule has 9 nitrogen and oxygen atoms in total. The van der Waals surface area contributed by atoms with E-state index in [2.05, 4.69) is 32.0 Å². The molecule has 1 aliphatic heterocycles. The molecule has 2 N–H and O–H groups in total. The van der Waals surface area contributed by atoms with Gasteiger partial charge in [0.1, 0.15) is 5.69 Å². The van der Waals surface area contributed by atoms with Gasteiger partial charge < -0.3 is 20.1 Å². The number of rotatable bonds is 5. The normalized spacial score (nSPS) is 21.1. The average molecular weight is 412 g/mol. The molecule has 0 saturated heterocycles. The standard InChI is InChI=1S/C21H28N6O3/c1-14-3-5-15(6-4-14)24-21(28)17-9-20(27(29)30)18(22-2)10-19(17)25-7-8-26-13-23-11-16(26)12-25/h9-11,13-15,22H,3-8,12H2,1-2H3,(H,24,28). The molecule has 1 amide bonds. The number of anilines is 2. The molecule has 160 valence electrons. The molecule has 0 spiro atoms. The molecule has 9 heteroatoms. The van der Waals surface area contributed by atoms with E-state index in [4.69, 9.17) is 0 Å². The van der Waals surface area contributed by atoms with Crippen molar-refractivity contribution in [3.8, 4) is 0 Å². The molecule has 1 aromatic heterocycles. The van der Waals surface area contributed by atoms with Gasteiger partial charge >= 0.3 is 0 Å². The van der Waals surface area contributed by atoms with Crippen molar-refractivity contribution < 1.29 is 9.72 Å². The van der Waals surface area contributed by atoms with Crippen LogP contribution in [0.5, 0.6) is 0 Å². The Morgan fingerprint density at radius 2 is 2.00 bits per heavy atom. The van der Waals surface area contributed by atoms with Crippen LogP contribution < -0.4 is 15.5 Å². The van der Waals surface area contributed by atoms with Gasteiger partial charge in [-0.2, -0.15) is 0 Å². The fourth-order valence-corrected chi connectivity index (χ4v) is 4.43. The molecule has 2 aromatic rings. The Labute approximate surface area is 175 Å². The summed E-state index contributed by atoms with van der Waals surface area (Å²) in [5.74, 6) is 0.442. The first-order valence-electron chi connectivity index (χ1n) is 10.5. The van der Waals surface area contributed by atoms with Gasteiger partial charge in [-0.05, 0) is 37.7 Å². The molecule has 0 bridgehead atoms. The van der Waals surface area contributed by atoms with Crippen LogP contribution in [0.2, 0.25) is 0 Å². The van der Waals surface area contributed by atoms with Crippen LogP contribution in [0.4, 0.5) is 17.1 Å². The maximum absolute atomic E-state index is 13.2. The van der Waals surface area contributed by atoms with Gasteiger partial charge in [0.2, 0.25) is 0 Å².